The summed E-state index contributed by atoms with van der Waals surface area (Å²) in [6, 6.07) is 5.52. The average Bonchev–Trinajstić information content (AvgIpc) is 2.88. The van der Waals surface area contributed by atoms with Gasteiger partial charge in [-0.2, -0.15) is 0 Å². The number of hydrogen-bond donors (Lipinski definition) is 0. The van der Waals surface area contributed by atoms with Crippen LogP contribution in [0.3, 0.4) is 0 Å². The molecule has 2 amide bonds. The lowest BCUT2D eigenvalue weighted by Crippen LogP contribution is -2.39. The maximum absolute atomic E-state index is 13.3. The van der Waals surface area contributed by atoms with Gasteiger partial charge in [-0.1, -0.05) is 6.07 Å². The largest absolute Gasteiger partial charge is 0.441 e. The normalized spacial score (nSPS) is 21.6. The van der Waals surface area contributed by atoms with Crippen LogP contribution in [0.2, 0.25) is 0 Å². The van der Waals surface area contributed by atoms with E-state index < -0.39 is 5.60 Å². The van der Waals surface area contributed by atoms with Crippen molar-refractivity contribution in [3.63, 3.8) is 0 Å². The fraction of sp³-hybridized carbons (Fsp3) is 0.455. The average molecular weight is 410 g/mol. The molecule has 4 rings (SSSR count). The molecule has 4 heterocycles. The van der Waals surface area contributed by atoms with Gasteiger partial charge >= 0.3 is 6.09 Å². The van der Waals surface area contributed by atoms with E-state index in [1.54, 1.807) is 53.0 Å². The van der Waals surface area contributed by atoms with Gasteiger partial charge in [0.2, 0.25) is 0 Å². The molecule has 2 aliphatic heterocycles. The summed E-state index contributed by atoms with van der Waals surface area (Å²) in [5.41, 5.74) is 0.935. The SMILES string of the molecule is Cc1ccn(Cc2cccnc2)c(=O)c1C(=O)N1CCCC2(CC1)CN(C)C(=O)O2. The van der Waals surface area contributed by atoms with Gasteiger partial charge in [0.1, 0.15) is 11.2 Å². The Morgan fingerprint density at radius 1 is 1.23 bits per heavy atom. The lowest BCUT2D eigenvalue weighted by atomic mass is 9.95. The Bertz CT molecular complexity index is 1020. The lowest BCUT2D eigenvalue weighted by molar-refractivity contribution is 0.0438. The molecule has 2 aromatic rings. The number of ether oxygens (including phenoxy) is 1. The third-order valence-corrected chi connectivity index (χ3v) is 5.99. The fourth-order valence-electron chi connectivity index (χ4n) is 4.32. The predicted octanol–water partition coefficient (Wildman–Crippen LogP) is 2.05. The maximum atomic E-state index is 13.3. The number of nitrogens with zero attached hydrogens (tertiary/aromatic N) is 4. The number of likely N-dealkylation sites (tertiary alicyclic amines) is 1. The van der Waals surface area contributed by atoms with Crippen LogP contribution in [0.1, 0.15) is 40.7 Å². The van der Waals surface area contributed by atoms with Crippen molar-refractivity contribution < 1.29 is 14.3 Å². The fourth-order valence-corrected chi connectivity index (χ4v) is 4.32. The standard InChI is InChI=1S/C22H26N4O4/c1-16-6-11-26(14-17-5-3-9-23-13-17)20(28)18(16)19(27)25-10-4-7-22(8-12-25)15-24(2)21(29)30-22/h3,5-6,9,11,13H,4,7-8,10,12,14-15H2,1-2H3. The van der Waals surface area contributed by atoms with E-state index >= 15 is 0 Å². The highest BCUT2D eigenvalue weighted by Crippen LogP contribution is 2.32. The highest BCUT2D eigenvalue weighted by molar-refractivity contribution is 5.95. The van der Waals surface area contributed by atoms with Crippen LogP contribution in [0.15, 0.2) is 41.6 Å². The Labute approximate surface area is 175 Å². The summed E-state index contributed by atoms with van der Waals surface area (Å²) >= 11 is 0. The van der Waals surface area contributed by atoms with Gasteiger partial charge < -0.3 is 19.1 Å². The molecule has 0 radical (unpaired) electrons. The number of carbonyl (C=O) groups is 2. The number of rotatable bonds is 3. The van der Waals surface area contributed by atoms with Crippen molar-refractivity contribution in [2.45, 2.75) is 38.3 Å². The van der Waals surface area contributed by atoms with Crippen LogP contribution in [0, 0.1) is 6.92 Å². The summed E-state index contributed by atoms with van der Waals surface area (Å²) in [4.78, 5) is 45.7. The Morgan fingerprint density at radius 3 is 2.77 bits per heavy atom. The van der Waals surface area contributed by atoms with E-state index in [4.69, 9.17) is 4.74 Å². The molecule has 8 heteroatoms. The summed E-state index contributed by atoms with van der Waals surface area (Å²) in [5.74, 6) is -0.257. The molecule has 0 bridgehead atoms. The van der Waals surface area contributed by atoms with Crippen molar-refractivity contribution in [2.75, 3.05) is 26.7 Å². The minimum Gasteiger partial charge on any atom is -0.441 e. The Hall–Kier alpha value is -3.16. The van der Waals surface area contributed by atoms with E-state index in [9.17, 15) is 14.4 Å². The zero-order chi connectivity index (χ0) is 21.3. The molecular formula is C22H26N4O4. The molecule has 0 saturated carbocycles. The second-order valence-electron chi connectivity index (χ2n) is 8.22. The van der Waals surface area contributed by atoms with Crippen LogP contribution < -0.4 is 5.56 Å². The molecule has 0 aliphatic carbocycles. The molecule has 1 unspecified atom stereocenters. The second kappa shape index (κ2) is 7.93. The maximum Gasteiger partial charge on any atom is 0.410 e. The van der Waals surface area contributed by atoms with E-state index in [1.807, 2.05) is 12.1 Å². The van der Waals surface area contributed by atoms with Gasteiger partial charge in [-0.15, -0.1) is 0 Å². The summed E-state index contributed by atoms with van der Waals surface area (Å²) in [7, 11) is 1.73. The van der Waals surface area contributed by atoms with E-state index in [-0.39, 0.29) is 23.1 Å². The number of hydrogen-bond acceptors (Lipinski definition) is 5. The van der Waals surface area contributed by atoms with Gasteiger partial charge in [0, 0.05) is 45.1 Å². The molecule has 2 saturated heterocycles. The first-order chi connectivity index (χ1) is 14.4. The number of aromatic nitrogens is 2. The molecule has 0 N–H and O–H groups in total. The molecule has 158 valence electrons. The second-order valence-corrected chi connectivity index (χ2v) is 8.22. The summed E-state index contributed by atoms with van der Waals surface area (Å²) < 4.78 is 7.17. The van der Waals surface area contributed by atoms with Crippen molar-refractivity contribution in [1.29, 1.82) is 0 Å². The molecule has 30 heavy (non-hydrogen) atoms. The highest BCUT2D eigenvalue weighted by atomic mass is 16.6. The van der Waals surface area contributed by atoms with E-state index in [0.29, 0.717) is 44.6 Å². The quantitative estimate of drug-likeness (QED) is 0.773. The van der Waals surface area contributed by atoms with Gasteiger partial charge in [0.15, 0.2) is 0 Å². The molecule has 1 atom stereocenters. The summed E-state index contributed by atoms with van der Waals surface area (Å²) in [6.07, 6.45) is 6.81. The van der Waals surface area contributed by atoms with Gasteiger partial charge in [-0.25, -0.2) is 4.79 Å². The topological polar surface area (TPSA) is 84.7 Å². The van der Waals surface area contributed by atoms with Crippen LogP contribution >= 0.6 is 0 Å². The minimum absolute atomic E-state index is 0.206. The Balaban J connectivity index is 1.55. The van der Waals surface area contributed by atoms with Gasteiger partial charge in [-0.3, -0.25) is 14.6 Å². The molecular weight excluding hydrogens is 384 g/mol. The molecule has 2 fully saturated rings. The van der Waals surface area contributed by atoms with Crippen LogP contribution in [0.5, 0.6) is 0 Å². The van der Waals surface area contributed by atoms with Crippen LogP contribution in [-0.4, -0.2) is 63.6 Å². The molecule has 8 nitrogen and oxygen atoms in total. The monoisotopic (exact) mass is 410 g/mol. The molecule has 2 aromatic heterocycles. The van der Waals surface area contributed by atoms with Crippen molar-refractivity contribution in [3.8, 4) is 0 Å². The minimum atomic E-state index is -0.535. The summed E-state index contributed by atoms with van der Waals surface area (Å²) in [6.45, 7) is 3.68. The molecule has 0 aromatic carbocycles. The van der Waals surface area contributed by atoms with E-state index in [0.717, 1.165) is 12.0 Å². The lowest BCUT2D eigenvalue weighted by Gasteiger charge is -2.25. The van der Waals surface area contributed by atoms with Gasteiger partial charge in [-0.05, 0) is 43.0 Å². The number of likely N-dealkylation sites (N-methyl/N-ethyl adjacent to an activating group) is 1. The van der Waals surface area contributed by atoms with Crippen LogP contribution in [-0.2, 0) is 11.3 Å². The van der Waals surface area contributed by atoms with E-state index in [1.165, 1.54) is 0 Å². The van der Waals surface area contributed by atoms with E-state index in [2.05, 4.69) is 4.98 Å². The van der Waals surface area contributed by atoms with Gasteiger partial charge in [0.05, 0.1) is 13.1 Å². The zero-order valence-corrected chi connectivity index (χ0v) is 17.3. The first kappa shape index (κ1) is 20.1. The van der Waals surface area contributed by atoms with Crippen molar-refractivity contribution in [1.82, 2.24) is 19.4 Å². The predicted molar refractivity (Wildman–Crippen MR) is 110 cm³/mol. The Kier molecular flexibility index (Phi) is 5.32. The number of pyridine rings is 2. The van der Waals surface area contributed by atoms with Crippen molar-refractivity contribution in [3.05, 3.63) is 63.8 Å². The first-order valence-corrected chi connectivity index (χ1v) is 10.2. The van der Waals surface area contributed by atoms with Gasteiger partial charge in [0.25, 0.3) is 11.5 Å². The Morgan fingerprint density at radius 2 is 2.07 bits per heavy atom. The summed E-state index contributed by atoms with van der Waals surface area (Å²) in [5, 5.41) is 0. The number of amides is 2. The van der Waals surface area contributed by atoms with Crippen molar-refractivity contribution >= 4 is 12.0 Å². The van der Waals surface area contributed by atoms with Crippen molar-refractivity contribution in [2.24, 2.45) is 0 Å². The van der Waals surface area contributed by atoms with Crippen LogP contribution in [0.25, 0.3) is 0 Å². The third kappa shape index (κ3) is 3.81. The smallest absolute Gasteiger partial charge is 0.410 e. The first-order valence-electron chi connectivity index (χ1n) is 10.2. The third-order valence-electron chi connectivity index (χ3n) is 5.99. The van der Waals surface area contributed by atoms with Crippen LogP contribution in [0.4, 0.5) is 4.79 Å². The zero-order valence-electron chi connectivity index (χ0n) is 17.3. The molecule has 1 spiro atoms. The number of aryl methyl sites for hydroxylation is 1. The highest BCUT2D eigenvalue weighted by Gasteiger charge is 2.45. The molecule has 2 aliphatic rings. The number of carbonyl (C=O) groups excluding carboxylic acids is 2.